The highest BCUT2D eigenvalue weighted by molar-refractivity contribution is 7.91. The van der Waals surface area contributed by atoms with Gasteiger partial charge >= 0.3 is 0 Å². The fourth-order valence-corrected chi connectivity index (χ4v) is 5.11. The molecule has 1 saturated carbocycles. The first-order valence-corrected chi connectivity index (χ1v) is 10.5. The van der Waals surface area contributed by atoms with Crippen LogP contribution in [-0.4, -0.2) is 30.2 Å². The Morgan fingerprint density at radius 1 is 1.32 bits per heavy atom. The van der Waals surface area contributed by atoms with Crippen LogP contribution >= 0.6 is 11.3 Å². The van der Waals surface area contributed by atoms with E-state index >= 15 is 0 Å². The highest BCUT2D eigenvalue weighted by Gasteiger charge is 2.30. The van der Waals surface area contributed by atoms with Crippen LogP contribution in [0.5, 0.6) is 0 Å². The lowest BCUT2D eigenvalue weighted by atomic mass is 9.80. The first-order chi connectivity index (χ1) is 10.3. The quantitative estimate of drug-likeness (QED) is 0.796. The van der Waals surface area contributed by atoms with E-state index in [9.17, 15) is 13.2 Å². The van der Waals surface area contributed by atoms with E-state index in [1.165, 1.54) is 0 Å². The molecule has 124 valence electrons. The Morgan fingerprint density at radius 2 is 1.95 bits per heavy atom. The van der Waals surface area contributed by atoms with Crippen molar-refractivity contribution in [2.75, 3.05) is 5.75 Å². The fourth-order valence-electron chi connectivity index (χ4n) is 2.95. The van der Waals surface area contributed by atoms with E-state index in [2.05, 4.69) is 4.98 Å². The third-order valence-electron chi connectivity index (χ3n) is 4.48. The first-order valence-electron chi connectivity index (χ1n) is 7.93. The Hall–Kier alpha value is -0.750. The lowest BCUT2D eigenvalue weighted by molar-refractivity contribution is -0.123. The summed E-state index contributed by atoms with van der Waals surface area (Å²) in [5.41, 5.74) is 0.968. The molecule has 6 heteroatoms. The predicted octanol–water partition coefficient (Wildman–Crippen LogP) is 3.19. The van der Waals surface area contributed by atoms with Crippen LogP contribution in [0.15, 0.2) is 5.38 Å². The van der Waals surface area contributed by atoms with Crippen LogP contribution in [0.1, 0.15) is 50.2 Å². The smallest absolute Gasteiger partial charge is 0.152 e. The van der Waals surface area contributed by atoms with Gasteiger partial charge in [-0.15, -0.1) is 11.3 Å². The zero-order valence-corrected chi connectivity index (χ0v) is 15.2. The van der Waals surface area contributed by atoms with E-state index in [0.717, 1.165) is 36.4 Å². The molecule has 1 aromatic rings. The fraction of sp³-hybridized carbons (Fsp3) is 0.750. The molecule has 22 heavy (non-hydrogen) atoms. The minimum absolute atomic E-state index is 0.0854. The average molecular weight is 344 g/mol. The maximum absolute atomic E-state index is 12.3. The van der Waals surface area contributed by atoms with Crippen molar-refractivity contribution in [1.29, 1.82) is 0 Å². The molecule has 0 amide bonds. The van der Waals surface area contributed by atoms with Gasteiger partial charge in [0.1, 0.15) is 10.8 Å². The van der Waals surface area contributed by atoms with Crippen molar-refractivity contribution in [3.8, 4) is 0 Å². The number of carbonyl (C=O) groups is 1. The maximum Gasteiger partial charge on any atom is 0.152 e. The number of carbonyl (C=O) groups excluding carboxylic acids is 1. The van der Waals surface area contributed by atoms with Crippen LogP contribution in [0.25, 0.3) is 0 Å². The number of aromatic nitrogens is 1. The van der Waals surface area contributed by atoms with E-state index in [1.54, 1.807) is 25.2 Å². The Kier molecular flexibility index (Phi) is 5.77. The molecule has 1 heterocycles. The molecule has 2 rings (SSSR count). The molecule has 0 bridgehead atoms. The highest BCUT2D eigenvalue weighted by atomic mass is 32.2. The third kappa shape index (κ3) is 4.62. The Labute approximate surface area is 137 Å². The molecular weight excluding hydrogens is 318 g/mol. The van der Waals surface area contributed by atoms with Crippen molar-refractivity contribution in [2.45, 2.75) is 58.1 Å². The summed E-state index contributed by atoms with van der Waals surface area (Å²) >= 11 is 1.54. The number of sulfone groups is 1. The van der Waals surface area contributed by atoms with Crippen molar-refractivity contribution < 1.29 is 13.2 Å². The molecule has 0 aromatic carbocycles. The summed E-state index contributed by atoms with van der Waals surface area (Å²) in [4.78, 5) is 16.7. The van der Waals surface area contributed by atoms with Gasteiger partial charge in [-0.25, -0.2) is 13.4 Å². The van der Waals surface area contributed by atoms with Crippen LogP contribution < -0.4 is 0 Å². The van der Waals surface area contributed by atoms with Crippen LogP contribution in [0.4, 0.5) is 0 Å². The molecule has 0 radical (unpaired) electrons. The molecule has 0 spiro atoms. The second-order valence-electron chi connectivity index (χ2n) is 6.62. The topological polar surface area (TPSA) is 64.1 Å². The molecule has 0 saturated heterocycles. The van der Waals surface area contributed by atoms with Gasteiger partial charge in [0.05, 0.1) is 17.4 Å². The first kappa shape index (κ1) is 17.6. The van der Waals surface area contributed by atoms with Gasteiger partial charge in [0.25, 0.3) is 0 Å². The largest absolute Gasteiger partial charge is 0.299 e. The molecule has 1 fully saturated rings. The number of thiazole rings is 1. The Bertz CT molecular complexity index is 611. The highest BCUT2D eigenvalue weighted by Crippen LogP contribution is 2.31. The van der Waals surface area contributed by atoms with Crippen LogP contribution in [0.2, 0.25) is 0 Å². The van der Waals surface area contributed by atoms with E-state index < -0.39 is 9.84 Å². The standard InChI is InChI=1S/C16H25NO3S2/c1-11(2)22(19,20)10-13-4-6-14(7-5-13)15(18)8-16-17-12(3)9-21-16/h9,11,13-14H,4-8,10H2,1-3H3. The molecule has 0 atom stereocenters. The number of ketones is 1. The monoisotopic (exact) mass is 343 g/mol. The van der Waals surface area contributed by atoms with E-state index in [0.29, 0.717) is 6.42 Å². The van der Waals surface area contributed by atoms with Crippen molar-refractivity contribution in [2.24, 2.45) is 11.8 Å². The molecule has 1 aliphatic rings. The Morgan fingerprint density at radius 3 is 2.45 bits per heavy atom. The van der Waals surface area contributed by atoms with Crippen LogP contribution in [-0.2, 0) is 21.1 Å². The Balaban J connectivity index is 1.83. The molecule has 1 aliphatic carbocycles. The number of hydrogen-bond acceptors (Lipinski definition) is 5. The summed E-state index contributed by atoms with van der Waals surface area (Å²) < 4.78 is 24.0. The molecule has 0 N–H and O–H groups in total. The average Bonchev–Trinajstić information content (AvgIpc) is 2.84. The predicted molar refractivity (Wildman–Crippen MR) is 89.9 cm³/mol. The van der Waals surface area contributed by atoms with Gasteiger partial charge in [-0.2, -0.15) is 0 Å². The molecule has 4 nitrogen and oxygen atoms in total. The van der Waals surface area contributed by atoms with Gasteiger partial charge in [-0.1, -0.05) is 0 Å². The van der Waals surface area contributed by atoms with Gasteiger partial charge < -0.3 is 0 Å². The molecular formula is C16H25NO3S2. The van der Waals surface area contributed by atoms with E-state index in [1.807, 2.05) is 12.3 Å². The van der Waals surface area contributed by atoms with E-state index in [4.69, 9.17) is 0 Å². The zero-order valence-electron chi connectivity index (χ0n) is 13.5. The van der Waals surface area contributed by atoms with Gasteiger partial charge in [-0.3, -0.25) is 4.79 Å². The summed E-state index contributed by atoms with van der Waals surface area (Å²) in [7, 11) is -2.97. The third-order valence-corrected chi connectivity index (χ3v) is 7.82. The number of hydrogen-bond donors (Lipinski definition) is 0. The SMILES string of the molecule is Cc1csc(CC(=O)C2CCC(CS(=O)(=O)C(C)C)CC2)n1. The van der Waals surface area contributed by atoms with Gasteiger partial charge in [0.2, 0.25) is 0 Å². The van der Waals surface area contributed by atoms with Gasteiger partial charge in [0, 0.05) is 17.0 Å². The lowest BCUT2D eigenvalue weighted by Gasteiger charge is -2.27. The number of nitrogens with zero attached hydrogens (tertiary/aromatic N) is 1. The summed E-state index contributed by atoms with van der Waals surface area (Å²) in [6, 6.07) is 0. The van der Waals surface area contributed by atoms with Gasteiger partial charge in [-0.05, 0) is 52.4 Å². The maximum atomic E-state index is 12.3. The minimum atomic E-state index is -2.97. The number of aryl methyl sites for hydroxylation is 1. The molecule has 0 aliphatic heterocycles. The number of rotatable bonds is 6. The van der Waals surface area contributed by atoms with Crippen molar-refractivity contribution in [3.63, 3.8) is 0 Å². The van der Waals surface area contributed by atoms with Crippen molar-refractivity contribution in [3.05, 3.63) is 16.1 Å². The number of Topliss-reactive ketones (excluding diaryl/α,β-unsaturated/α-hetero) is 1. The minimum Gasteiger partial charge on any atom is -0.299 e. The molecule has 1 aromatic heterocycles. The van der Waals surface area contributed by atoms with Crippen LogP contribution in [0, 0.1) is 18.8 Å². The second kappa shape index (κ2) is 7.21. The second-order valence-corrected chi connectivity index (χ2v) is 10.2. The summed E-state index contributed by atoms with van der Waals surface area (Å²) in [5, 5.41) is 2.56. The summed E-state index contributed by atoms with van der Waals surface area (Å²) in [6.07, 6.45) is 3.76. The lowest BCUT2D eigenvalue weighted by Crippen LogP contribution is -2.29. The van der Waals surface area contributed by atoms with Gasteiger partial charge in [0.15, 0.2) is 9.84 Å². The summed E-state index contributed by atoms with van der Waals surface area (Å²) in [5.74, 6) is 0.845. The normalized spacial score (nSPS) is 22.9. The van der Waals surface area contributed by atoms with Crippen molar-refractivity contribution >= 4 is 27.0 Å². The zero-order chi connectivity index (χ0) is 16.3. The summed E-state index contributed by atoms with van der Waals surface area (Å²) in [6.45, 7) is 5.41. The molecule has 0 unspecified atom stereocenters. The van der Waals surface area contributed by atoms with E-state index in [-0.39, 0.29) is 28.6 Å². The van der Waals surface area contributed by atoms with Crippen LogP contribution in [0.3, 0.4) is 0 Å². The van der Waals surface area contributed by atoms with Crippen molar-refractivity contribution in [1.82, 2.24) is 4.98 Å².